The largest absolute Gasteiger partial charge is 0.416 e. The van der Waals surface area contributed by atoms with Crippen molar-refractivity contribution in [1.82, 2.24) is 10.4 Å². The van der Waals surface area contributed by atoms with Gasteiger partial charge in [-0.2, -0.15) is 26.3 Å². The molecule has 1 aromatic carbocycles. The van der Waals surface area contributed by atoms with Gasteiger partial charge in [0.05, 0.1) is 21.7 Å². The summed E-state index contributed by atoms with van der Waals surface area (Å²) in [6.07, 6.45) is -7.10. The summed E-state index contributed by atoms with van der Waals surface area (Å²) >= 11 is 2.92. The minimum absolute atomic E-state index is 0.0754. The van der Waals surface area contributed by atoms with Gasteiger partial charge in [-0.05, 0) is 45.6 Å². The highest BCUT2D eigenvalue weighted by Gasteiger charge is 2.38. The first-order chi connectivity index (χ1) is 13.2. The van der Waals surface area contributed by atoms with Crippen molar-refractivity contribution < 1.29 is 31.1 Å². The van der Waals surface area contributed by atoms with Crippen LogP contribution in [0.25, 0.3) is 0 Å². The first-order valence-electron chi connectivity index (χ1n) is 8.34. The van der Waals surface area contributed by atoms with Crippen LogP contribution in [0.5, 0.6) is 0 Å². The molecule has 0 fully saturated rings. The molecule has 0 saturated heterocycles. The van der Waals surface area contributed by atoms with Crippen molar-refractivity contribution in [3.63, 3.8) is 0 Å². The van der Waals surface area contributed by atoms with Crippen molar-refractivity contribution >= 4 is 21.8 Å². The van der Waals surface area contributed by atoms with Crippen molar-refractivity contribution in [2.75, 3.05) is 0 Å². The Balaban J connectivity index is 3.53. The lowest BCUT2D eigenvalue weighted by atomic mass is 9.90. The van der Waals surface area contributed by atoms with E-state index in [2.05, 4.69) is 27.9 Å². The third kappa shape index (κ3) is 7.07. The summed E-state index contributed by atoms with van der Waals surface area (Å²) in [5, 5.41) is 1.14. The van der Waals surface area contributed by atoms with Gasteiger partial charge in [-0.1, -0.05) is 26.8 Å². The molecular weight excluding hydrogens is 468 g/mol. The highest BCUT2D eigenvalue weighted by atomic mass is 79.9. The van der Waals surface area contributed by atoms with Gasteiger partial charge in [0.1, 0.15) is 0 Å². The number of primary amides is 1. The van der Waals surface area contributed by atoms with Crippen LogP contribution in [-0.2, 0) is 17.1 Å². The summed E-state index contributed by atoms with van der Waals surface area (Å²) in [7, 11) is 0. The van der Waals surface area contributed by atoms with Crippen LogP contribution in [0.4, 0.5) is 26.3 Å². The van der Waals surface area contributed by atoms with E-state index in [0.717, 1.165) is 5.01 Å². The Morgan fingerprint density at radius 3 is 2.03 bits per heavy atom. The molecule has 1 amide bonds. The number of carbonyl (C=O) groups excluding carboxylic acids is 1. The van der Waals surface area contributed by atoms with E-state index in [0.29, 0.717) is 18.6 Å². The summed E-state index contributed by atoms with van der Waals surface area (Å²) < 4.78 is 79.1. The van der Waals surface area contributed by atoms with Crippen LogP contribution in [0.2, 0.25) is 0 Å². The topological polar surface area (TPSA) is 58.4 Å². The molecule has 0 aromatic heterocycles. The number of alkyl halides is 6. The second-order valence-corrected chi connectivity index (χ2v) is 7.12. The number of hydrogen-bond donors (Lipinski definition) is 2. The van der Waals surface area contributed by atoms with Gasteiger partial charge in [0.15, 0.2) is 0 Å². The van der Waals surface area contributed by atoms with E-state index in [1.165, 1.54) is 12.4 Å². The minimum atomic E-state index is -4.96. The fraction of sp³-hybridized carbons (Fsp3) is 0.389. The molecule has 0 radical (unpaired) electrons. The van der Waals surface area contributed by atoms with Crippen LogP contribution in [-0.4, -0.2) is 10.9 Å². The Bertz CT molecular complexity index is 744. The monoisotopic (exact) mass is 487 g/mol. The number of hydrazine groups is 1. The quantitative estimate of drug-likeness (QED) is 0.290. The zero-order valence-electron chi connectivity index (χ0n) is 15.5. The van der Waals surface area contributed by atoms with Crippen LogP contribution in [0, 0.1) is 5.92 Å². The van der Waals surface area contributed by atoms with E-state index in [1.54, 1.807) is 13.8 Å². The smallest absolute Gasteiger partial charge is 0.365 e. The molecule has 0 saturated carbocycles. The lowest BCUT2D eigenvalue weighted by Crippen LogP contribution is -2.37. The van der Waals surface area contributed by atoms with Crippen molar-refractivity contribution in [2.45, 2.75) is 38.7 Å². The molecule has 4 nitrogen and oxygen atoms in total. The summed E-state index contributed by atoms with van der Waals surface area (Å²) in [6.45, 7) is 6.91. The van der Waals surface area contributed by atoms with Gasteiger partial charge in [0, 0.05) is 12.4 Å². The maximum absolute atomic E-state index is 13.2. The zero-order valence-corrected chi connectivity index (χ0v) is 17.1. The number of nitrogens with zero attached hydrogens (tertiary/aromatic N) is 1. The summed E-state index contributed by atoms with van der Waals surface area (Å²) in [4.78, 5) is 11.2. The second-order valence-electron chi connectivity index (χ2n) is 6.26. The molecule has 0 spiro atoms. The zero-order chi connectivity index (χ0) is 22.6. The highest BCUT2D eigenvalue weighted by molar-refractivity contribution is 9.12. The van der Waals surface area contributed by atoms with Gasteiger partial charge in [-0.3, -0.25) is 9.80 Å². The van der Waals surface area contributed by atoms with Gasteiger partial charge < -0.3 is 5.73 Å². The average Bonchev–Trinajstić information content (AvgIpc) is 2.62. The maximum atomic E-state index is 13.2. The second kappa shape index (κ2) is 9.66. The van der Waals surface area contributed by atoms with Crippen LogP contribution in [0.3, 0.4) is 0 Å². The highest BCUT2D eigenvalue weighted by Crippen LogP contribution is 2.38. The van der Waals surface area contributed by atoms with E-state index >= 15 is 0 Å². The average molecular weight is 488 g/mol. The summed E-state index contributed by atoms with van der Waals surface area (Å²) in [6, 6.07) is 0.470. The molecule has 2 atom stereocenters. The molecule has 0 heterocycles. The van der Waals surface area contributed by atoms with Crippen molar-refractivity contribution in [3.05, 3.63) is 58.4 Å². The van der Waals surface area contributed by atoms with Gasteiger partial charge in [-0.25, -0.2) is 5.43 Å². The fourth-order valence-electron chi connectivity index (χ4n) is 2.41. The molecule has 0 aliphatic rings. The van der Waals surface area contributed by atoms with Gasteiger partial charge in [-0.15, -0.1) is 0 Å². The Morgan fingerprint density at radius 2 is 1.69 bits per heavy atom. The van der Waals surface area contributed by atoms with E-state index < -0.39 is 35.4 Å². The van der Waals surface area contributed by atoms with Crippen LogP contribution in [0.15, 0.2) is 41.7 Å². The summed E-state index contributed by atoms with van der Waals surface area (Å²) in [5.41, 5.74) is 4.87. The van der Waals surface area contributed by atoms with E-state index in [1.807, 2.05) is 0 Å². The SMILES string of the molecule is C=CN(/C=C(\Br)C(N)=O)NC(c1cc(C(F)(F)F)cc(C(F)(F)F)c1)C(C)CC. The van der Waals surface area contributed by atoms with Crippen molar-refractivity contribution in [1.29, 1.82) is 0 Å². The standard InChI is InChI=1S/C18H20BrF6N3O/c1-4-10(3)15(27-28(5-2)9-14(19)16(26)29)11-6-12(17(20,21)22)8-13(7-11)18(23,24)25/h5-10,15,27H,2,4H2,1,3H3,(H2,26,29)/b14-9-. The Hall–Kier alpha value is -2.01. The normalized spacial score (nSPS) is 15.0. The van der Waals surface area contributed by atoms with E-state index in [-0.39, 0.29) is 22.0 Å². The molecule has 0 aliphatic heterocycles. The van der Waals surface area contributed by atoms with Crippen LogP contribution >= 0.6 is 15.9 Å². The predicted octanol–water partition coefficient (Wildman–Crippen LogP) is 5.48. The Morgan fingerprint density at radius 1 is 1.21 bits per heavy atom. The van der Waals surface area contributed by atoms with Crippen LogP contribution in [0.1, 0.15) is 43.0 Å². The molecule has 2 unspecified atom stereocenters. The van der Waals surface area contributed by atoms with E-state index in [4.69, 9.17) is 5.73 Å². The Labute approximate surface area is 172 Å². The molecule has 162 valence electrons. The lowest BCUT2D eigenvalue weighted by molar-refractivity contribution is -0.143. The number of halogens is 7. The predicted molar refractivity (Wildman–Crippen MR) is 100 cm³/mol. The molecule has 3 N–H and O–H groups in total. The Kier molecular flexibility index (Phi) is 8.34. The van der Waals surface area contributed by atoms with Crippen LogP contribution < -0.4 is 11.2 Å². The number of nitrogens with one attached hydrogen (secondary N) is 1. The first kappa shape index (κ1) is 25.0. The van der Waals surface area contributed by atoms with Gasteiger partial charge in [0.2, 0.25) is 0 Å². The van der Waals surface area contributed by atoms with Crippen molar-refractivity contribution in [2.24, 2.45) is 11.7 Å². The molecule has 0 aliphatic carbocycles. The third-order valence-corrected chi connectivity index (χ3v) is 4.75. The summed E-state index contributed by atoms with van der Waals surface area (Å²) in [5.74, 6) is -1.19. The number of rotatable bonds is 8. The number of benzene rings is 1. The van der Waals surface area contributed by atoms with Gasteiger partial charge in [0.25, 0.3) is 5.91 Å². The number of hydrogen-bond acceptors (Lipinski definition) is 3. The number of carbonyl (C=O) groups is 1. The third-order valence-electron chi connectivity index (χ3n) is 4.15. The molecule has 1 rings (SSSR count). The molecule has 1 aromatic rings. The first-order valence-corrected chi connectivity index (χ1v) is 9.13. The molecule has 29 heavy (non-hydrogen) atoms. The van der Waals surface area contributed by atoms with Crippen molar-refractivity contribution in [3.8, 4) is 0 Å². The lowest BCUT2D eigenvalue weighted by Gasteiger charge is -2.31. The fourth-order valence-corrected chi connectivity index (χ4v) is 2.63. The number of amides is 1. The maximum Gasteiger partial charge on any atom is 0.416 e. The molecule has 0 bridgehead atoms. The molecular formula is C18H20BrF6N3O. The van der Waals surface area contributed by atoms with Gasteiger partial charge >= 0.3 is 12.4 Å². The molecule has 11 heteroatoms. The van der Waals surface area contributed by atoms with E-state index in [9.17, 15) is 31.1 Å². The number of nitrogens with two attached hydrogens (primary N) is 1. The minimum Gasteiger partial charge on any atom is -0.365 e.